The van der Waals surface area contributed by atoms with E-state index in [1.165, 1.54) is 4.90 Å². The SMILES string of the molecule is O=C(c1ccccc1)N1Cc2ccccc2C1=O. The second-order valence-electron chi connectivity index (χ2n) is 4.22. The summed E-state index contributed by atoms with van der Waals surface area (Å²) in [5.41, 5.74) is 2.08. The first-order valence-corrected chi connectivity index (χ1v) is 5.76. The molecular formula is C15H11NO2. The highest BCUT2D eigenvalue weighted by atomic mass is 16.2. The Balaban J connectivity index is 1.94. The minimum Gasteiger partial charge on any atom is -0.270 e. The Bertz CT molecular complexity index is 619. The number of benzene rings is 2. The Morgan fingerprint density at radius 2 is 1.61 bits per heavy atom. The van der Waals surface area contributed by atoms with Gasteiger partial charge in [0.2, 0.25) is 0 Å². The Morgan fingerprint density at radius 3 is 2.33 bits per heavy atom. The predicted octanol–water partition coefficient (Wildman–Crippen LogP) is 2.48. The summed E-state index contributed by atoms with van der Waals surface area (Å²) in [4.78, 5) is 25.6. The van der Waals surface area contributed by atoms with E-state index in [0.717, 1.165) is 5.56 Å². The van der Waals surface area contributed by atoms with Gasteiger partial charge in [-0.15, -0.1) is 0 Å². The van der Waals surface area contributed by atoms with E-state index in [2.05, 4.69) is 0 Å². The smallest absolute Gasteiger partial charge is 0.261 e. The summed E-state index contributed by atoms with van der Waals surface area (Å²) in [6.07, 6.45) is 0. The molecule has 3 heteroatoms. The van der Waals surface area contributed by atoms with Gasteiger partial charge in [-0.2, -0.15) is 0 Å². The zero-order valence-corrected chi connectivity index (χ0v) is 9.67. The maximum absolute atomic E-state index is 12.2. The summed E-state index contributed by atoms with van der Waals surface area (Å²) in [7, 11) is 0. The molecule has 3 nitrogen and oxygen atoms in total. The van der Waals surface area contributed by atoms with Crippen LogP contribution in [-0.4, -0.2) is 16.7 Å². The molecule has 2 aromatic carbocycles. The molecule has 0 spiro atoms. The van der Waals surface area contributed by atoms with Crippen LogP contribution in [0.2, 0.25) is 0 Å². The Hall–Kier alpha value is -2.42. The van der Waals surface area contributed by atoms with Crippen LogP contribution in [0.3, 0.4) is 0 Å². The third-order valence-electron chi connectivity index (χ3n) is 3.09. The number of hydrogen-bond acceptors (Lipinski definition) is 2. The highest BCUT2D eigenvalue weighted by Gasteiger charge is 2.31. The molecule has 3 rings (SSSR count). The van der Waals surface area contributed by atoms with Crippen LogP contribution >= 0.6 is 0 Å². The summed E-state index contributed by atoms with van der Waals surface area (Å²) in [5.74, 6) is -0.448. The minimum atomic E-state index is -0.239. The number of fused-ring (bicyclic) bond motifs is 1. The quantitative estimate of drug-likeness (QED) is 0.714. The maximum Gasteiger partial charge on any atom is 0.261 e. The topological polar surface area (TPSA) is 37.4 Å². The second kappa shape index (κ2) is 4.11. The second-order valence-corrected chi connectivity index (χ2v) is 4.22. The van der Waals surface area contributed by atoms with Crippen LogP contribution in [0.1, 0.15) is 26.3 Å². The van der Waals surface area contributed by atoms with Gasteiger partial charge in [0.1, 0.15) is 0 Å². The van der Waals surface area contributed by atoms with Crippen LogP contribution in [0.5, 0.6) is 0 Å². The highest BCUT2D eigenvalue weighted by Crippen LogP contribution is 2.23. The molecule has 2 amide bonds. The predicted molar refractivity (Wildman–Crippen MR) is 67.1 cm³/mol. The lowest BCUT2D eigenvalue weighted by atomic mass is 10.1. The lowest BCUT2D eigenvalue weighted by Gasteiger charge is -2.13. The first-order chi connectivity index (χ1) is 8.77. The van der Waals surface area contributed by atoms with E-state index in [4.69, 9.17) is 0 Å². The first-order valence-electron chi connectivity index (χ1n) is 5.76. The summed E-state index contributed by atoms with van der Waals surface area (Å²) < 4.78 is 0. The van der Waals surface area contributed by atoms with Crippen molar-refractivity contribution in [3.05, 3.63) is 71.3 Å². The van der Waals surface area contributed by atoms with Gasteiger partial charge >= 0.3 is 0 Å². The molecule has 18 heavy (non-hydrogen) atoms. The van der Waals surface area contributed by atoms with Gasteiger partial charge in [0.25, 0.3) is 11.8 Å². The van der Waals surface area contributed by atoms with E-state index in [0.29, 0.717) is 17.7 Å². The number of carbonyl (C=O) groups excluding carboxylic acids is 2. The molecule has 0 radical (unpaired) electrons. The third kappa shape index (κ3) is 1.61. The number of rotatable bonds is 1. The van der Waals surface area contributed by atoms with Crippen molar-refractivity contribution >= 4 is 11.8 Å². The monoisotopic (exact) mass is 237 g/mol. The van der Waals surface area contributed by atoms with E-state index < -0.39 is 0 Å². The standard InChI is InChI=1S/C15H11NO2/c17-14(11-6-2-1-3-7-11)16-10-12-8-4-5-9-13(12)15(16)18/h1-9H,10H2. The van der Waals surface area contributed by atoms with E-state index in [-0.39, 0.29) is 11.8 Å². The fraction of sp³-hybridized carbons (Fsp3) is 0.0667. The number of imide groups is 1. The molecule has 0 atom stereocenters. The number of amides is 2. The molecule has 2 aromatic rings. The summed E-state index contributed by atoms with van der Waals surface area (Å²) >= 11 is 0. The molecule has 0 saturated carbocycles. The lowest BCUT2D eigenvalue weighted by Crippen LogP contribution is -2.31. The molecule has 0 unspecified atom stereocenters. The van der Waals surface area contributed by atoms with Crippen molar-refractivity contribution < 1.29 is 9.59 Å². The van der Waals surface area contributed by atoms with Crippen molar-refractivity contribution in [1.82, 2.24) is 4.90 Å². The lowest BCUT2D eigenvalue weighted by molar-refractivity contribution is 0.0631. The van der Waals surface area contributed by atoms with Crippen molar-refractivity contribution in [3.63, 3.8) is 0 Å². The zero-order chi connectivity index (χ0) is 12.5. The van der Waals surface area contributed by atoms with E-state index in [1.54, 1.807) is 30.3 Å². The van der Waals surface area contributed by atoms with Crippen molar-refractivity contribution in [1.29, 1.82) is 0 Å². The normalized spacial score (nSPS) is 13.6. The van der Waals surface area contributed by atoms with Crippen molar-refractivity contribution in [2.24, 2.45) is 0 Å². The number of nitrogens with zero attached hydrogens (tertiary/aromatic N) is 1. The first kappa shape index (κ1) is 10.7. The average molecular weight is 237 g/mol. The summed E-state index contributed by atoms with van der Waals surface area (Å²) in [6.45, 7) is 0.364. The van der Waals surface area contributed by atoms with Crippen molar-refractivity contribution in [2.75, 3.05) is 0 Å². The molecule has 1 aliphatic rings. The van der Waals surface area contributed by atoms with Crippen LogP contribution in [0, 0.1) is 0 Å². The van der Waals surface area contributed by atoms with Gasteiger partial charge in [-0.05, 0) is 23.8 Å². The van der Waals surface area contributed by atoms with Crippen LogP contribution in [0.25, 0.3) is 0 Å². The Kier molecular flexibility index (Phi) is 2.45. The maximum atomic E-state index is 12.2. The molecule has 0 N–H and O–H groups in total. The molecule has 0 fully saturated rings. The average Bonchev–Trinajstić information content (AvgIpc) is 2.77. The van der Waals surface area contributed by atoms with Gasteiger partial charge in [0.15, 0.2) is 0 Å². The molecule has 1 heterocycles. The van der Waals surface area contributed by atoms with E-state index in [1.807, 2.05) is 24.3 Å². The molecule has 1 aliphatic heterocycles. The zero-order valence-electron chi connectivity index (χ0n) is 9.67. The van der Waals surface area contributed by atoms with Crippen LogP contribution in [-0.2, 0) is 6.54 Å². The van der Waals surface area contributed by atoms with Gasteiger partial charge in [0, 0.05) is 11.1 Å². The molecule has 88 valence electrons. The van der Waals surface area contributed by atoms with Gasteiger partial charge in [0.05, 0.1) is 6.54 Å². The largest absolute Gasteiger partial charge is 0.270 e. The third-order valence-corrected chi connectivity index (χ3v) is 3.09. The minimum absolute atomic E-state index is 0.209. The van der Waals surface area contributed by atoms with Gasteiger partial charge in [-0.1, -0.05) is 36.4 Å². The van der Waals surface area contributed by atoms with Crippen molar-refractivity contribution in [2.45, 2.75) is 6.54 Å². The van der Waals surface area contributed by atoms with Gasteiger partial charge in [-0.3, -0.25) is 14.5 Å². The Morgan fingerprint density at radius 1 is 0.944 bits per heavy atom. The fourth-order valence-electron chi connectivity index (χ4n) is 2.15. The fourth-order valence-corrected chi connectivity index (χ4v) is 2.15. The van der Waals surface area contributed by atoms with Crippen molar-refractivity contribution in [3.8, 4) is 0 Å². The van der Waals surface area contributed by atoms with Gasteiger partial charge in [-0.25, -0.2) is 0 Å². The molecule has 0 bridgehead atoms. The molecule has 0 aromatic heterocycles. The van der Waals surface area contributed by atoms with Crippen LogP contribution in [0.15, 0.2) is 54.6 Å². The number of hydrogen-bond donors (Lipinski definition) is 0. The van der Waals surface area contributed by atoms with Gasteiger partial charge < -0.3 is 0 Å². The van der Waals surface area contributed by atoms with Crippen LogP contribution < -0.4 is 0 Å². The molecular weight excluding hydrogens is 226 g/mol. The molecule has 0 saturated heterocycles. The Labute approximate surface area is 105 Å². The summed E-state index contributed by atoms with van der Waals surface area (Å²) in [6, 6.07) is 16.2. The highest BCUT2D eigenvalue weighted by molar-refractivity contribution is 6.12. The number of carbonyl (C=O) groups is 2. The molecule has 0 aliphatic carbocycles. The van der Waals surface area contributed by atoms with Crippen LogP contribution in [0.4, 0.5) is 0 Å². The van der Waals surface area contributed by atoms with E-state index in [9.17, 15) is 9.59 Å². The van der Waals surface area contributed by atoms with E-state index >= 15 is 0 Å². The summed E-state index contributed by atoms with van der Waals surface area (Å²) in [5, 5.41) is 0.